The quantitative estimate of drug-likeness (QED) is 0.700. The van der Waals surface area contributed by atoms with Crippen LogP contribution in [0.2, 0.25) is 0 Å². The van der Waals surface area contributed by atoms with Gasteiger partial charge in [0.05, 0.1) is 0 Å². The second-order valence-electron chi connectivity index (χ2n) is 5.47. The summed E-state index contributed by atoms with van der Waals surface area (Å²) < 4.78 is 0. The highest BCUT2D eigenvalue weighted by Crippen LogP contribution is 2.23. The van der Waals surface area contributed by atoms with Crippen LogP contribution in [0.25, 0.3) is 0 Å². The molecule has 0 aromatic carbocycles. The van der Waals surface area contributed by atoms with E-state index in [0.717, 1.165) is 32.7 Å². The van der Waals surface area contributed by atoms with Crippen LogP contribution in [0.4, 0.5) is 0 Å². The third-order valence-corrected chi connectivity index (χ3v) is 3.00. The molecule has 88 valence electrons. The number of nitrogens with zero attached hydrogens (tertiary/aromatic N) is 2. The van der Waals surface area contributed by atoms with Crippen LogP contribution < -0.4 is 5.73 Å². The van der Waals surface area contributed by atoms with E-state index in [4.69, 9.17) is 5.73 Å². The van der Waals surface area contributed by atoms with Crippen molar-refractivity contribution < 1.29 is 0 Å². The molecule has 3 nitrogen and oxygen atoms in total. The molecule has 0 aromatic heterocycles. The molecular weight excluding hydrogens is 186 g/mol. The van der Waals surface area contributed by atoms with Crippen LogP contribution in [0.15, 0.2) is 12.7 Å². The Labute approximate surface area is 93.9 Å². The smallest absolute Gasteiger partial charge is 0.0349 e. The largest absolute Gasteiger partial charge is 0.329 e. The van der Waals surface area contributed by atoms with Crippen LogP contribution in [-0.2, 0) is 0 Å². The van der Waals surface area contributed by atoms with Crippen LogP contribution in [0.3, 0.4) is 0 Å². The van der Waals surface area contributed by atoms with Crippen molar-refractivity contribution in [2.45, 2.75) is 19.9 Å². The Kier molecular flexibility index (Phi) is 4.32. The molecule has 0 aliphatic carbocycles. The van der Waals surface area contributed by atoms with Gasteiger partial charge in [0, 0.05) is 38.8 Å². The summed E-state index contributed by atoms with van der Waals surface area (Å²) in [6.07, 6.45) is 1.98. The lowest BCUT2D eigenvalue weighted by atomic mass is 9.92. The van der Waals surface area contributed by atoms with Crippen molar-refractivity contribution in [2.75, 3.05) is 39.8 Å². The minimum Gasteiger partial charge on any atom is -0.329 e. The Morgan fingerprint density at radius 3 is 2.67 bits per heavy atom. The van der Waals surface area contributed by atoms with Crippen LogP contribution in [0.1, 0.15) is 13.8 Å². The summed E-state index contributed by atoms with van der Waals surface area (Å²) in [7, 11) is 2.18. The van der Waals surface area contributed by atoms with Crippen molar-refractivity contribution in [3.05, 3.63) is 12.7 Å². The number of hydrogen-bond acceptors (Lipinski definition) is 3. The summed E-state index contributed by atoms with van der Waals surface area (Å²) in [5.41, 5.74) is 6.18. The van der Waals surface area contributed by atoms with Gasteiger partial charge in [0.2, 0.25) is 0 Å². The van der Waals surface area contributed by atoms with E-state index >= 15 is 0 Å². The molecule has 0 aromatic rings. The first-order chi connectivity index (χ1) is 6.98. The van der Waals surface area contributed by atoms with Crippen molar-refractivity contribution in [1.82, 2.24) is 9.80 Å². The Balaban J connectivity index is 2.76. The summed E-state index contributed by atoms with van der Waals surface area (Å²) in [4.78, 5) is 4.84. The van der Waals surface area contributed by atoms with Crippen molar-refractivity contribution in [3.8, 4) is 0 Å². The Bertz CT molecular complexity index is 213. The van der Waals surface area contributed by atoms with E-state index in [1.165, 1.54) is 0 Å². The monoisotopic (exact) mass is 211 g/mol. The Hall–Kier alpha value is -0.380. The predicted octanol–water partition coefficient (Wildman–Crippen LogP) is 0.773. The third-order valence-electron chi connectivity index (χ3n) is 3.00. The van der Waals surface area contributed by atoms with E-state index in [9.17, 15) is 0 Å². The zero-order valence-electron chi connectivity index (χ0n) is 10.4. The predicted molar refractivity (Wildman–Crippen MR) is 65.9 cm³/mol. The minimum absolute atomic E-state index is 0.335. The van der Waals surface area contributed by atoms with Gasteiger partial charge in [-0.25, -0.2) is 0 Å². The summed E-state index contributed by atoms with van der Waals surface area (Å²) >= 11 is 0. The van der Waals surface area contributed by atoms with Crippen molar-refractivity contribution >= 4 is 0 Å². The number of hydrogen-bond donors (Lipinski definition) is 1. The standard InChI is InChI=1S/C12H25N3/c1-5-6-15-10-12(2,3)9-14(4)8-11(15)7-13/h5,11H,1,6-10,13H2,2-4H3. The van der Waals surface area contributed by atoms with Gasteiger partial charge in [0.1, 0.15) is 0 Å². The molecule has 0 radical (unpaired) electrons. The Morgan fingerprint density at radius 1 is 1.47 bits per heavy atom. The second-order valence-corrected chi connectivity index (χ2v) is 5.47. The lowest BCUT2D eigenvalue weighted by Gasteiger charge is -2.32. The molecule has 0 saturated carbocycles. The van der Waals surface area contributed by atoms with Gasteiger partial charge in [-0.15, -0.1) is 6.58 Å². The Morgan fingerprint density at radius 2 is 2.13 bits per heavy atom. The summed E-state index contributed by atoms with van der Waals surface area (Å²) in [6.45, 7) is 13.4. The van der Waals surface area contributed by atoms with Crippen molar-refractivity contribution in [2.24, 2.45) is 11.1 Å². The molecule has 0 spiro atoms. The summed E-state index contributed by atoms with van der Waals surface area (Å²) in [5.74, 6) is 0. The van der Waals surface area contributed by atoms with Crippen molar-refractivity contribution in [3.63, 3.8) is 0 Å². The van der Waals surface area contributed by atoms with Gasteiger partial charge in [0.15, 0.2) is 0 Å². The molecule has 1 aliphatic rings. The average molecular weight is 211 g/mol. The second kappa shape index (κ2) is 5.10. The summed E-state index contributed by atoms with van der Waals surface area (Å²) in [6, 6.07) is 0.467. The molecule has 1 unspecified atom stereocenters. The van der Waals surface area contributed by atoms with Crippen LogP contribution in [0, 0.1) is 5.41 Å². The number of nitrogens with two attached hydrogens (primary N) is 1. The van der Waals surface area contributed by atoms with Gasteiger partial charge < -0.3 is 10.6 Å². The summed E-state index contributed by atoms with van der Waals surface area (Å²) in [5, 5.41) is 0. The van der Waals surface area contributed by atoms with Gasteiger partial charge in [-0.05, 0) is 12.5 Å². The van der Waals surface area contributed by atoms with E-state index in [1.807, 2.05) is 6.08 Å². The number of rotatable bonds is 3. The van der Waals surface area contributed by atoms with Gasteiger partial charge in [-0.3, -0.25) is 4.90 Å². The lowest BCUT2D eigenvalue weighted by molar-refractivity contribution is 0.177. The number of likely N-dealkylation sites (N-methyl/N-ethyl adjacent to an activating group) is 1. The molecule has 2 N–H and O–H groups in total. The zero-order valence-corrected chi connectivity index (χ0v) is 10.4. The van der Waals surface area contributed by atoms with E-state index in [2.05, 4.69) is 37.3 Å². The highest BCUT2D eigenvalue weighted by molar-refractivity contribution is 4.90. The molecule has 0 bridgehead atoms. The molecule has 1 saturated heterocycles. The van der Waals surface area contributed by atoms with Crippen LogP contribution in [-0.4, -0.2) is 55.6 Å². The molecule has 1 fully saturated rings. The molecule has 1 heterocycles. The maximum Gasteiger partial charge on any atom is 0.0349 e. The SMILES string of the molecule is C=CCN1CC(C)(C)CN(C)CC1CN. The molecule has 15 heavy (non-hydrogen) atoms. The third kappa shape index (κ3) is 3.59. The topological polar surface area (TPSA) is 32.5 Å². The van der Waals surface area contributed by atoms with E-state index < -0.39 is 0 Å². The van der Waals surface area contributed by atoms with Gasteiger partial charge >= 0.3 is 0 Å². The minimum atomic E-state index is 0.335. The first-order valence-corrected chi connectivity index (χ1v) is 5.72. The first-order valence-electron chi connectivity index (χ1n) is 5.72. The van der Waals surface area contributed by atoms with Crippen molar-refractivity contribution in [1.29, 1.82) is 0 Å². The normalized spacial score (nSPS) is 28.7. The molecule has 3 heteroatoms. The van der Waals surface area contributed by atoms with Gasteiger partial charge in [0.25, 0.3) is 0 Å². The van der Waals surface area contributed by atoms with Crippen LogP contribution in [0.5, 0.6) is 0 Å². The highest BCUT2D eigenvalue weighted by Gasteiger charge is 2.31. The molecular formula is C12H25N3. The average Bonchev–Trinajstić information content (AvgIpc) is 2.21. The lowest BCUT2D eigenvalue weighted by Crippen LogP contribution is -2.46. The fourth-order valence-corrected chi connectivity index (χ4v) is 2.60. The first kappa shape index (κ1) is 12.7. The van der Waals surface area contributed by atoms with E-state index in [1.54, 1.807) is 0 Å². The van der Waals surface area contributed by atoms with Gasteiger partial charge in [-0.2, -0.15) is 0 Å². The molecule has 1 atom stereocenters. The van der Waals surface area contributed by atoms with E-state index in [0.29, 0.717) is 11.5 Å². The molecule has 0 amide bonds. The van der Waals surface area contributed by atoms with E-state index in [-0.39, 0.29) is 0 Å². The zero-order chi connectivity index (χ0) is 11.5. The molecule has 1 aliphatic heterocycles. The maximum atomic E-state index is 5.84. The fourth-order valence-electron chi connectivity index (χ4n) is 2.60. The van der Waals surface area contributed by atoms with Crippen LogP contribution >= 0.6 is 0 Å². The maximum absolute atomic E-state index is 5.84. The van der Waals surface area contributed by atoms with Gasteiger partial charge in [-0.1, -0.05) is 19.9 Å². The highest BCUT2D eigenvalue weighted by atomic mass is 15.2. The molecule has 1 rings (SSSR count). The fraction of sp³-hybridized carbons (Fsp3) is 0.833.